The molecule has 0 atom stereocenters. The third-order valence-electron chi connectivity index (χ3n) is 2.06. The Bertz CT molecular complexity index is 488. The highest BCUT2D eigenvalue weighted by Gasteiger charge is 2.06. The molecular weight excluding hydrogens is 297 g/mol. The van der Waals surface area contributed by atoms with E-state index < -0.39 is 9.84 Å². The zero-order valence-electron chi connectivity index (χ0n) is 9.05. The Hall–Kier alpha value is -0.620. The Balaban J connectivity index is 2.71. The van der Waals surface area contributed by atoms with E-state index >= 15 is 0 Å². The Kier molecular flexibility index (Phi) is 4.32. The van der Waals surface area contributed by atoms with E-state index in [1.165, 1.54) is 12.3 Å². The Morgan fingerprint density at radius 3 is 2.62 bits per heavy atom. The predicted molar refractivity (Wildman–Crippen MR) is 67.0 cm³/mol. The topological polar surface area (TPSA) is 46.2 Å². The van der Waals surface area contributed by atoms with Crippen LogP contribution in [-0.2, 0) is 9.84 Å². The highest BCUT2D eigenvalue weighted by molar-refractivity contribution is 9.10. The van der Waals surface area contributed by atoms with Gasteiger partial charge in [0.15, 0.2) is 0 Å². The molecule has 16 heavy (non-hydrogen) atoms. The maximum atomic E-state index is 13.2. The second kappa shape index (κ2) is 5.14. The normalized spacial score (nSPS) is 11.5. The van der Waals surface area contributed by atoms with Gasteiger partial charge in [-0.2, -0.15) is 0 Å². The van der Waals surface area contributed by atoms with Crippen LogP contribution in [0.1, 0.15) is 5.56 Å². The van der Waals surface area contributed by atoms with Crippen molar-refractivity contribution in [3.05, 3.63) is 28.0 Å². The van der Waals surface area contributed by atoms with Crippen molar-refractivity contribution in [2.75, 3.05) is 23.9 Å². The number of halogens is 2. The van der Waals surface area contributed by atoms with Crippen LogP contribution >= 0.6 is 15.9 Å². The Morgan fingerprint density at radius 1 is 1.44 bits per heavy atom. The zero-order chi connectivity index (χ0) is 12.3. The fourth-order valence-electron chi connectivity index (χ4n) is 1.21. The molecule has 1 N–H and O–H groups in total. The van der Waals surface area contributed by atoms with Crippen molar-refractivity contribution >= 4 is 31.5 Å². The molecule has 0 saturated heterocycles. The highest BCUT2D eigenvalue weighted by atomic mass is 79.9. The lowest BCUT2D eigenvalue weighted by atomic mass is 10.2. The number of rotatable bonds is 4. The molecule has 0 spiro atoms. The number of sulfone groups is 1. The predicted octanol–water partition coefficient (Wildman–Crippen LogP) is 2.35. The van der Waals surface area contributed by atoms with Crippen molar-refractivity contribution in [3.63, 3.8) is 0 Å². The molecule has 1 aromatic carbocycles. The lowest BCUT2D eigenvalue weighted by Gasteiger charge is -2.09. The number of aryl methyl sites for hydroxylation is 1. The van der Waals surface area contributed by atoms with Gasteiger partial charge in [-0.1, -0.05) is 0 Å². The minimum Gasteiger partial charge on any atom is -0.384 e. The molecule has 6 heteroatoms. The smallest absolute Gasteiger partial charge is 0.149 e. The largest absolute Gasteiger partial charge is 0.384 e. The maximum Gasteiger partial charge on any atom is 0.149 e. The van der Waals surface area contributed by atoms with Gasteiger partial charge >= 0.3 is 0 Å². The molecule has 0 aliphatic rings. The molecule has 3 nitrogen and oxygen atoms in total. The highest BCUT2D eigenvalue weighted by Crippen LogP contribution is 2.23. The summed E-state index contributed by atoms with van der Waals surface area (Å²) in [5.74, 6) is -0.336. The number of hydrogen-bond donors (Lipinski definition) is 1. The van der Waals surface area contributed by atoms with Gasteiger partial charge in [-0.25, -0.2) is 12.8 Å². The third-order valence-corrected chi connectivity index (χ3v) is 3.61. The van der Waals surface area contributed by atoms with E-state index in [1.54, 1.807) is 6.07 Å². The first-order valence-corrected chi connectivity index (χ1v) is 7.52. The van der Waals surface area contributed by atoms with E-state index in [0.29, 0.717) is 10.2 Å². The van der Waals surface area contributed by atoms with Crippen molar-refractivity contribution < 1.29 is 12.8 Å². The van der Waals surface area contributed by atoms with Crippen LogP contribution in [0.5, 0.6) is 0 Å². The molecule has 0 aliphatic heterocycles. The summed E-state index contributed by atoms with van der Waals surface area (Å²) >= 11 is 3.08. The van der Waals surface area contributed by atoms with Crippen molar-refractivity contribution in [3.8, 4) is 0 Å². The standard InChI is InChI=1S/C10H13BrFNO2S/c1-7-5-8(11)9(12)6-10(7)13-3-4-16(2,14)15/h5-6,13H,3-4H2,1-2H3. The van der Waals surface area contributed by atoms with Gasteiger partial charge in [0.2, 0.25) is 0 Å². The molecule has 0 saturated carbocycles. The summed E-state index contributed by atoms with van der Waals surface area (Å²) in [6.45, 7) is 2.10. The van der Waals surface area contributed by atoms with Crippen LogP contribution in [0, 0.1) is 12.7 Å². The van der Waals surface area contributed by atoms with E-state index in [2.05, 4.69) is 21.2 Å². The Morgan fingerprint density at radius 2 is 2.06 bits per heavy atom. The molecule has 0 radical (unpaired) electrons. The minimum absolute atomic E-state index is 0.0319. The van der Waals surface area contributed by atoms with Crippen LogP contribution in [0.4, 0.5) is 10.1 Å². The summed E-state index contributed by atoms with van der Waals surface area (Å²) in [7, 11) is -2.99. The monoisotopic (exact) mass is 309 g/mol. The van der Waals surface area contributed by atoms with Crippen molar-refractivity contribution in [1.82, 2.24) is 0 Å². The van der Waals surface area contributed by atoms with Gasteiger partial charge in [-0.3, -0.25) is 0 Å². The summed E-state index contributed by atoms with van der Waals surface area (Å²) in [6, 6.07) is 3.00. The van der Waals surface area contributed by atoms with E-state index in [1.807, 2.05) is 6.92 Å². The Labute approximate surface area is 103 Å². The molecule has 0 heterocycles. The summed E-state index contributed by atoms with van der Waals surface area (Å²) < 4.78 is 35.4. The molecule has 0 fully saturated rings. The van der Waals surface area contributed by atoms with Crippen LogP contribution in [0.3, 0.4) is 0 Å². The van der Waals surface area contributed by atoms with Crippen molar-refractivity contribution in [1.29, 1.82) is 0 Å². The minimum atomic E-state index is -2.99. The second-order valence-corrected chi connectivity index (χ2v) is 6.75. The van der Waals surface area contributed by atoms with E-state index in [-0.39, 0.29) is 18.1 Å². The first-order chi connectivity index (χ1) is 7.29. The average Bonchev–Trinajstić information content (AvgIpc) is 2.11. The number of hydrogen-bond acceptors (Lipinski definition) is 3. The van der Waals surface area contributed by atoms with Crippen LogP contribution in [0.2, 0.25) is 0 Å². The summed E-state index contributed by atoms with van der Waals surface area (Å²) in [5, 5.41) is 2.90. The van der Waals surface area contributed by atoms with Gasteiger partial charge in [0.1, 0.15) is 15.7 Å². The molecular formula is C10H13BrFNO2S. The third kappa shape index (κ3) is 4.09. The molecule has 0 aromatic heterocycles. The quantitative estimate of drug-likeness (QED) is 0.928. The zero-order valence-corrected chi connectivity index (χ0v) is 11.5. The number of benzene rings is 1. The molecule has 1 aromatic rings. The molecule has 0 bridgehead atoms. The van der Waals surface area contributed by atoms with Gasteiger partial charge in [0, 0.05) is 18.5 Å². The fourth-order valence-corrected chi connectivity index (χ4v) is 2.14. The molecule has 0 amide bonds. The van der Waals surface area contributed by atoms with E-state index in [4.69, 9.17) is 0 Å². The first-order valence-electron chi connectivity index (χ1n) is 4.67. The summed E-state index contributed by atoms with van der Waals surface area (Å²) in [5.41, 5.74) is 1.48. The SMILES string of the molecule is Cc1cc(Br)c(F)cc1NCCS(C)(=O)=O. The lowest BCUT2D eigenvalue weighted by molar-refractivity contribution is 0.602. The molecule has 0 unspecified atom stereocenters. The number of anilines is 1. The van der Waals surface area contributed by atoms with Gasteiger partial charge in [-0.15, -0.1) is 0 Å². The molecule has 1 rings (SSSR count). The average molecular weight is 310 g/mol. The van der Waals surface area contributed by atoms with Gasteiger partial charge < -0.3 is 5.32 Å². The fraction of sp³-hybridized carbons (Fsp3) is 0.400. The molecule has 90 valence electrons. The van der Waals surface area contributed by atoms with Crippen LogP contribution in [0.15, 0.2) is 16.6 Å². The summed E-state index contributed by atoms with van der Waals surface area (Å²) in [6.07, 6.45) is 1.17. The van der Waals surface area contributed by atoms with Gasteiger partial charge in [0.25, 0.3) is 0 Å². The van der Waals surface area contributed by atoms with Crippen LogP contribution in [0.25, 0.3) is 0 Å². The van der Waals surface area contributed by atoms with Gasteiger partial charge in [0.05, 0.1) is 10.2 Å². The lowest BCUT2D eigenvalue weighted by Crippen LogP contribution is -2.14. The maximum absolute atomic E-state index is 13.2. The van der Waals surface area contributed by atoms with Crippen LogP contribution in [-0.4, -0.2) is 27.0 Å². The second-order valence-electron chi connectivity index (χ2n) is 3.64. The first kappa shape index (κ1) is 13.4. The van der Waals surface area contributed by atoms with Crippen molar-refractivity contribution in [2.24, 2.45) is 0 Å². The summed E-state index contributed by atoms with van der Waals surface area (Å²) in [4.78, 5) is 0. The van der Waals surface area contributed by atoms with E-state index in [9.17, 15) is 12.8 Å². The molecule has 0 aliphatic carbocycles. The number of nitrogens with one attached hydrogen (secondary N) is 1. The van der Waals surface area contributed by atoms with Crippen LogP contribution < -0.4 is 5.32 Å². The van der Waals surface area contributed by atoms with Crippen molar-refractivity contribution in [2.45, 2.75) is 6.92 Å². The van der Waals surface area contributed by atoms with Gasteiger partial charge in [-0.05, 0) is 40.5 Å². The van der Waals surface area contributed by atoms with E-state index in [0.717, 1.165) is 5.56 Å².